The first-order valence-electron chi connectivity index (χ1n) is 10.2. The summed E-state index contributed by atoms with van der Waals surface area (Å²) < 4.78 is 43.6. The number of halogens is 4. The first-order chi connectivity index (χ1) is 16.2. The van der Waals surface area contributed by atoms with E-state index < -0.39 is 16.0 Å². The second kappa shape index (κ2) is 8.98. The summed E-state index contributed by atoms with van der Waals surface area (Å²) >= 11 is 18.2. The van der Waals surface area contributed by atoms with Crippen molar-refractivity contribution in [3.05, 3.63) is 75.9 Å². The summed E-state index contributed by atoms with van der Waals surface area (Å²) in [6.45, 7) is 1.09. The van der Waals surface area contributed by atoms with Gasteiger partial charge in [-0.15, -0.1) is 0 Å². The van der Waals surface area contributed by atoms with Gasteiger partial charge in [-0.05, 0) is 42.8 Å². The number of benzene rings is 2. The van der Waals surface area contributed by atoms with E-state index in [-0.39, 0.29) is 26.0 Å². The Bertz CT molecular complexity index is 1470. The average molecular weight is 541 g/mol. The van der Waals surface area contributed by atoms with Crippen LogP contribution < -0.4 is 9.62 Å². The smallest absolute Gasteiger partial charge is 0.243 e. The Balaban J connectivity index is 1.39. The van der Waals surface area contributed by atoms with E-state index in [0.717, 1.165) is 16.6 Å². The summed E-state index contributed by atoms with van der Waals surface area (Å²) in [6.07, 6.45) is 3.75. The lowest BCUT2D eigenvalue weighted by Crippen LogP contribution is -2.37. The fourth-order valence-corrected chi connectivity index (χ4v) is 6.96. The summed E-state index contributed by atoms with van der Waals surface area (Å²) in [6, 6.07) is 11.0. The molecule has 0 aliphatic carbocycles. The van der Waals surface area contributed by atoms with Crippen molar-refractivity contribution < 1.29 is 12.8 Å². The van der Waals surface area contributed by atoms with E-state index in [1.165, 1.54) is 24.4 Å². The topological polar surface area (TPSA) is 80.1 Å². The summed E-state index contributed by atoms with van der Waals surface area (Å²) in [5.74, 6) is -0.562. The maximum absolute atomic E-state index is 13.2. The molecule has 1 fully saturated rings. The molecular formula is C22H17Cl3FN5O2S. The molecule has 1 aliphatic heterocycles. The van der Waals surface area contributed by atoms with E-state index in [1.807, 2.05) is 18.2 Å². The zero-order chi connectivity index (χ0) is 24.0. The van der Waals surface area contributed by atoms with Gasteiger partial charge in [-0.3, -0.25) is 0 Å². The fourth-order valence-electron chi connectivity index (χ4n) is 4.15. The number of aromatic nitrogens is 3. The lowest BCUT2D eigenvalue weighted by Gasteiger charge is -2.20. The van der Waals surface area contributed by atoms with E-state index >= 15 is 0 Å². The van der Waals surface area contributed by atoms with Crippen LogP contribution in [0.5, 0.6) is 0 Å². The van der Waals surface area contributed by atoms with Crippen LogP contribution in [-0.2, 0) is 10.0 Å². The third-order valence-corrected chi connectivity index (χ3v) is 8.29. The first-order valence-corrected chi connectivity index (χ1v) is 12.8. The number of anilines is 1. The number of hydrogen-bond donors (Lipinski definition) is 1. The molecule has 0 radical (unpaired) electrons. The monoisotopic (exact) mass is 539 g/mol. The molecule has 0 saturated carbocycles. The summed E-state index contributed by atoms with van der Waals surface area (Å²) in [4.78, 5) is 5.61. The van der Waals surface area contributed by atoms with Crippen LogP contribution in [0.4, 0.5) is 10.1 Å². The summed E-state index contributed by atoms with van der Waals surface area (Å²) in [5.41, 5.74) is 2.38. The molecule has 2 aromatic heterocycles. The Morgan fingerprint density at radius 2 is 1.82 bits per heavy atom. The van der Waals surface area contributed by atoms with Gasteiger partial charge in [0.15, 0.2) is 0 Å². The maximum Gasteiger partial charge on any atom is 0.243 e. The quantitative estimate of drug-likeness (QED) is 0.357. The zero-order valence-corrected chi connectivity index (χ0v) is 20.5. The van der Waals surface area contributed by atoms with Crippen molar-refractivity contribution in [1.29, 1.82) is 0 Å². The minimum atomic E-state index is -3.96. The Kier molecular flexibility index (Phi) is 6.16. The highest BCUT2D eigenvalue weighted by atomic mass is 35.5. The van der Waals surface area contributed by atoms with Crippen molar-refractivity contribution in [2.24, 2.45) is 0 Å². The minimum Gasteiger partial charge on any atom is -0.369 e. The molecule has 0 bridgehead atoms. The van der Waals surface area contributed by atoms with Crippen LogP contribution in [0.15, 0.2) is 59.8 Å². The zero-order valence-electron chi connectivity index (χ0n) is 17.4. The lowest BCUT2D eigenvalue weighted by atomic mass is 10.2. The maximum atomic E-state index is 13.2. The predicted molar refractivity (Wildman–Crippen MR) is 131 cm³/mol. The molecule has 1 N–H and O–H groups in total. The third-order valence-electron chi connectivity index (χ3n) is 5.63. The number of rotatable bonds is 5. The van der Waals surface area contributed by atoms with Gasteiger partial charge in [-0.1, -0.05) is 40.9 Å². The molecule has 0 spiro atoms. The van der Waals surface area contributed by atoms with E-state index in [1.54, 1.807) is 16.9 Å². The van der Waals surface area contributed by atoms with Crippen molar-refractivity contribution in [2.75, 3.05) is 18.0 Å². The molecule has 2 aromatic carbocycles. The molecule has 3 heterocycles. The van der Waals surface area contributed by atoms with Crippen molar-refractivity contribution in [2.45, 2.75) is 17.4 Å². The molecule has 176 valence electrons. The number of pyridine rings is 1. The number of nitrogens with zero attached hydrogens (tertiary/aromatic N) is 4. The molecule has 34 heavy (non-hydrogen) atoms. The Morgan fingerprint density at radius 1 is 1.06 bits per heavy atom. The van der Waals surface area contributed by atoms with Crippen molar-refractivity contribution in [1.82, 2.24) is 19.5 Å². The standard InChI is InChI=1S/C22H17Cl3FN5O2S/c23-13-8-17(24)22(18(25)9-13)34(32,33)29-14-6-7-30(12-14)19-2-1-3-20-16(19)11-28-31(20)15-4-5-21(26)27-10-15/h1-5,8-11,14,29H,6-7,12H2. The average Bonchev–Trinajstić information content (AvgIpc) is 3.40. The molecule has 1 unspecified atom stereocenters. The van der Waals surface area contributed by atoms with Crippen molar-refractivity contribution >= 4 is 61.4 Å². The van der Waals surface area contributed by atoms with E-state index in [2.05, 4.69) is 19.7 Å². The molecule has 5 rings (SSSR count). The van der Waals surface area contributed by atoms with Gasteiger partial charge in [0.2, 0.25) is 16.0 Å². The van der Waals surface area contributed by atoms with Crippen LogP contribution in [0.25, 0.3) is 16.6 Å². The Morgan fingerprint density at radius 3 is 2.53 bits per heavy atom. The molecule has 12 heteroatoms. The highest BCUT2D eigenvalue weighted by Crippen LogP contribution is 2.34. The van der Waals surface area contributed by atoms with Crippen LogP contribution in [0.1, 0.15) is 6.42 Å². The minimum absolute atomic E-state index is 0.0349. The van der Waals surface area contributed by atoms with Gasteiger partial charge >= 0.3 is 0 Å². The Labute approximate surface area is 210 Å². The van der Waals surface area contributed by atoms with Gasteiger partial charge in [-0.2, -0.15) is 9.49 Å². The normalized spacial score (nSPS) is 16.5. The molecule has 1 atom stereocenters. The second-order valence-electron chi connectivity index (χ2n) is 7.86. The molecule has 4 aromatic rings. The number of hydrogen-bond acceptors (Lipinski definition) is 5. The van der Waals surface area contributed by atoms with Gasteiger partial charge < -0.3 is 4.90 Å². The van der Waals surface area contributed by atoms with Crippen LogP contribution in [0, 0.1) is 5.95 Å². The number of sulfonamides is 1. The van der Waals surface area contributed by atoms with E-state index in [4.69, 9.17) is 34.8 Å². The summed E-state index contributed by atoms with van der Waals surface area (Å²) in [7, 11) is -3.96. The highest BCUT2D eigenvalue weighted by Gasteiger charge is 2.31. The van der Waals surface area contributed by atoms with Crippen LogP contribution >= 0.6 is 34.8 Å². The second-order valence-corrected chi connectivity index (χ2v) is 10.8. The van der Waals surface area contributed by atoms with Crippen LogP contribution in [-0.4, -0.2) is 42.3 Å². The lowest BCUT2D eigenvalue weighted by molar-refractivity contribution is 0.561. The van der Waals surface area contributed by atoms with E-state index in [0.29, 0.717) is 25.2 Å². The molecular weight excluding hydrogens is 524 g/mol. The molecule has 0 amide bonds. The Hall–Kier alpha value is -2.43. The SMILES string of the molecule is O=S(=O)(NC1CCN(c2cccc3c2cnn3-c2ccc(F)nc2)C1)c1c(Cl)cc(Cl)cc1Cl. The van der Waals surface area contributed by atoms with Gasteiger partial charge in [0, 0.05) is 35.2 Å². The fraction of sp³-hybridized carbons (Fsp3) is 0.182. The van der Waals surface area contributed by atoms with Gasteiger partial charge in [-0.25, -0.2) is 22.8 Å². The van der Waals surface area contributed by atoms with Gasteiger partial charge in [0.25, 0.3) is 0 Å². The summed E-state index contributed by atoms with van der Waals surface area (Å²) in [5, 5.41) is 5.52. The van der Waals surface area contributed by atoms with E-state index in [9.17, 15) is 12.8 Å². The van der Waals surface area contributed by atoms with Crippen LogP contribution in [0.2, 0.25) is 15.1 Å². The number of nitrogens with one attached hydrogen (secondary N) is 1. The van der Waals surface area contributed by atoms with Crippen LogP contribution in [0.3, 0.4) is 0 Å². The first kappa shape index (κ1) is 23.3. The van der Waals surface area contributed by atoms with Crippen molar-refractivity contribution in [3.8, 4) is 5.69 Å². The molecule has 1 saturated heterocycles. The number of fused-ring (bicyclic) bond motifs is 1. The third kappa shape index (κ3) is 4.34. The predicted octanol–water partition coefficient (Wildman–Crippen LogP) is 5.08. The largest absolute Gasteiger partial charge is 0.369 e. The molecule has 7 nitrogen and oxygen atoms in total. The van der Waals surface area contributed by atoms with Gasteiger partial charge in [0.05, 0.1) is 33.6 Å². The van der Waals surface area contributed by atoms with Gasteiger partial charge in [0.1, 0.15) is 4.90 Å². The molecule has 1 aliphatic rings. The highest BCUT2D eigenvalue weighted by molar-refractivity contribution is 7.89. The van der Waals surface area contributed by atoms with Crippen molar-refractivity contribution in [3.63, 3.8) is 0 Å².